The van der Waals surface area contributed by atoms with E-state index in [1.54, 1.807) is 20.8 Å². The molecule has 0 fully saturated rings. The second kappa shape index (κ2) is 15.0. The van der Waals surface area contributed by atoms with Crippen molar-refractivity contribution in [3.63, 3.8) is 0 Å². The summed E-state index contributed by atoms with van der Waals surface area (Å²) < 4.78 is 9.84. The summed E-state index contributed by atoms with van der Waals surface area (Å²) in [5.41, 5.74) is 5.13. The van der Waals surface area contributed by atoms with Crippen molar-refractivity contribution in [1.29, 1.82) is 0 Å². The summed E-state index contributed by atoms with van der Waals surface area (Å²) in [6, 6.07) is 16.2. The Kier molecular flexibility index (Phi) is 12.8. The van der Waals surface area contributed by atoms with Crippen molar-refractivity contribution in [3.05, 3.63) is 59.7 Å². The molecule has 3 rings (SSSR count). The third-order valence-electron chi connectivity index (χ3n) is 5.82. The van der Waals surface area contributed by atoms with Crippen LogP contribution in [0.2, 0.25) is 0 Å². The van der Waals surface area contributed by atoms with Gasteiger partial charge in [-0.1, -0.05) is 68.3 Å². The number of hydrogen-bond donors (Lipinski definition) is 1. The number of aliphatic carboxylic acids is 1. The topological polar surface area (TPSA) is 125 Å². The standard InChI is InChI=1S/C16H29NO6.C13H10.H2O/c1-6-7-8-11-17(15(21)22-5)12(14(19)20)9-10-13(18)23-16(2,3)4;1-3-7-12-10(5-1)9-11-6-2-4-8-13(11)12;/h12H,6-11H2,1-5H3,(H,19,20);1-8H,9H2;1H2. The fraction of sp³-hybridized carbons (Fsp3) is 0.483. The number of unbranched alkanes of at least 4 members (excludes halogenated alkanes) is 2. The zero-order valence-electron chi connectivity index (χ0n) is 22.6. The van der Waals surface area contributed by atoms with E-state index in [-0.39, 0.29) is 24.9 Å². The van der Waals surface area contributed by atoms with E-state index in [1.807, 2.05) is 6.92 Å². The van der Waals surface area contributed by atoms with E-state index in [0.29, 0.717) is 6.42 Å². The number of fused-ring (bicyclic) bond motifs is 3. The molecule has 8 heteroatoms. The molecule has 0 aromatic heterocycles. The maximum atomic E-state index is 11.8. The van der Waals surface area contributed by atoms with Crippen molar-refractivity contribution < 1.29 is 34.4 Å². The van der Waals surface area contributed by atoms with Gasteiger partial charge in [-0.2, -0.15) is 0 Å². The van der Waals surface area contributed by atoms with Gasteiger partial charge >= 0.3 is 18.0 Å². The molecule has 0 spiro atoms. The summed E-state index contributed by atoms with van der Waals surface area (Å²) >= 11 is 0. The van der Waals surface area contributed by atoms with Gasteiger partial charge in [-0.25, -0.2) is 9.59 Å². The number of carboxylic acid groups (broad SMARTS) is 1. The zero-order chi connectivity index (χ0) is 26.7. The molecule has 1 amide bonds. The van der Waals surface area contributed by atoms with Crippen LogP contribution in [-0.2, 0) is 25.5 Å². The van der Waals surface area contributed by atoms with Crippen molar-refractivity contribution in [3.8, 4) is 11.1 Å². The maximum absolute atomic E-state index is 11.8. The molecule has 1 aliphatic carbocycles. The van der Waals surface area contributed by atoms with Gasteiger partial charge in [0.1, 0.15) is 11.6 Å². The number of carboxylic acids is 1. The molecular weight excluding hydrogens is 474 g/mol. The monoisotopic (exact) mass is 515 g/mol. The van der Waals surface area contributed by atoms with Crippen molar-refractivity contribution in [2.75, 3.05) is 13.7 Å². The predicted octanol–water partition coefficient (Wildman–Crippen LogP) is 5.25. The van der Waals surface area contributed by atoms with Gasteiger partial charge in [0, 0.05) is 13.0 Å². The summed E-state index contributed by atoms with van der Waals surface area (Å²) in [5, 5.41) is 9.39. The molecule has 0 heterocycles. The molecule has 2 aromatic carbocycles. The second-order valence-corrected chi connectivity index (χ2v) is 9.84. The van der Waals surface area contributed by atoms with Gasteiger partial charge in [-0.3, -0.25) is 9.69 Å². The van der Waals surface area contributed by atoms with Crippen LogP contribution in [0, 0.1) is 0 Å². The van der Waals surface area contributed by atoms with Gasteiger partial charge in [-0.05, 0) is 62.3 Å². The molecule has 37 heavy (non-hydrogen) atoms. The fourth-order valence-corrected chi connectivity index (χ4v) is 4.16. The normalized spacial score (nSPS) is 12.0. The Morgan fingerprint density at radius 3 is 1.97 bits per heavy atom. The highest BCUT2D eigenvalue weighted by Crippen LogP contribution is 2.35. The lowest BCUT2D eigenvalue weighted by molar-refractivity contribution is -0.155. The summed E-state index contributed by atoms with van der Waals surface area (Å²) in [7, 11) is 1.21. The van der Waals surface area contributed by atoms with E-state index >= 15 is 0 Å². The minimum Gasteiger partial charge on any atom is -0.480 e. The Morgan fingerprint density at radius 2 is 1.51 bits per heavy atom. The van der Waals surface area contributed by atoms with Crippen LogP contribution in [0.3, 0.4) is 0 Å². The highest BCUT2D eigenvalue weighted by atomic mass is 16.6. The number of benzene rings is 2. The molecule has 1 aliphatic rings. The summed E-state index contributed by atoms with van der Waals surface area (Å²) in [6.45, 7) is 7.52. The van der Waals surface area contributed by atoms with Crippen LogP contribution in [0.25, 0.3) is 11.1 Å². The van der Waals surface area contributed by atoms with Crippen molar-refractivity contribution in [2.24, 2.45) is 0 Å². The van der Waals surface area contributed by atoms with Crippen molar-refractivity contribution in [2.45, 2.75) is 77.9 Å². The highest BCUT2D eigenvalue weighted by Gasteiger charge is 2.31. The molecule has 0 saturated carbocycles. The van der Waals surface area contributed by atoms with Gasteiger partial charge in [0.15, 0.2) is 0 Å². The highest BCUT2D eigenvalue weighted by molar-refractivity contribution is 5.81. The van der Waals surface area contributed by atoms with Crippen LogP contribution in [0.1, 0.15) is 70.9 Å². The molecule has 0 saturated heterocycles. The number of carbonyl (C=O) groups is 3. The van der Waals surface area contributed by atoms with Gasteiger partial charge in [0.25, 0.3) is 0 Å². The van der Waals surface area contributed by atoms with Crippen LogP contribution < -0.4 is 0 Å². The fourth-order valence-electron chi connectivity index (χ4n) is 4.16. The molecule has 2 aromatic rings. The number of methoxy groups -OCH3 is 1. The summed E-state index contributed by atoms with van der Waals surface area (Å²) in [6.07, 6.45) is 2.84. The van der Waals surface area contributed by atoms with E-state index in [2.05, 4.69) is 53.3 Å². The number of carbonyl (C=O) groups excluding carboxylic acids is 2. The second-order valence-electron chi connectivity index (χ2n) is 9.84. The first-order valence-electron chi connectivity index (χ1n) is 12.5. The maximum Gasteiger partial charge on any atom is 0.410 e. The minimum absolute atomic E-state index is 0. The molecule has 0 aliphatic heterocycles. The van der Waals surface area contributed by atoms with Crippen LogP contribution >= 0.6 is 0 Å². The number of ether oxygens (including phenoxy) is 2. The van der Waals surface area contributed by atoms with E-state index in [0.717, 1.165) is 19.3 Å². The number of hydrogen-bond acceptors (Lipinski definition) is 5. The van der Waals surface area contributed by atoms with Gasteiger partial charge < -0.3 is 20.1 Å². The molecule has 0 bridgehead atoms. The predicted molar refractivity (Wildman–Crippen MR) is 143 cm³/mol. The van der Waals surface area contributed by atoms with E-state index < -0.39 is 29.7 Å². The van der Waals surface area contributed by atoms with Crippen LogP contribution in [0.5, 0.6) is 0 Å². The smallest absolute Gasteiger partial charge is 0.410 e. The lowest BCUT2D eigenvalue weighted by Crippen LogP contribution is -2.46. The number of amides is 1. The Morgan fingerprint density at radius 1 is 0.973 bits per heavy atom. The molecule has 0 radical (unpaired) electrons. The van der Waals surface area contributed by atoms with E-state index in [4.69, 9.17) is 4.74 Å². The third kappa shape index (κ3) is 9.88. The Labute approximate surface area is 219 Å². The van der Waals surface area contributed by atoms with Gasteiger partial charge in [-0.15, -0.1) is 0 Å². The van der Waals surface area contributed by atoms with Gasteiger partial charge in [0.05, 0.1) is 7.11 Å². The lowest BCUT2D eigenvalue weighted by Gasteiger charge is -2.28. The molecule has 204 valence electrons. The third-order valence-corrected chi connectivity index (χ3v) is 5.82. The molecule has 8 nitrogen and oxygen atoms in total. The first-order chi connectivity index (χ1) is 17.1. The molecular formula is C29H41NO7. The van der Waals surface area contributed by atoms with Crippen molar-refractivity contribution in [1.82, 2.24) is 4.90 Å². The quantitative estimate of drug-likeness (QED) is 0.306. The largest absolute Gasteiger partial charge is 0.480 e. The minimum atomic E-state index is -1.16. The van der Waals surface area contributed by atoms with Gasteiger partial charge in [0.2, 0.25) is 0 Å². The van der Waals surface area contributed by atoms with Crippen LogP contribution in [0.15, 0.2) is 48.5 Å². The number of nitrogens with zero attached hydrogens (tertiary/aromatic N) is 1. The Bertz CT molecular complexity index is 985. The molecule has 3 N–H and O–H groups in total. The van der Waals surface area contributed by atoms with Crippen molar-refractivity contribution >= 4 is 18.0 Å². The van der Waals surface area contributed by atoms with E-state index in [9.17, 15) is 19.5 Å². The summed E-state index contributed by atoms with van der Waals surface area (Å²) in [4.78, 5) is 36.3. The van der Waals surface area contributed by atoms with Crippen LogP contribution in [0.4, 0.5) is 4.79 Å². The molecule has 1 unspecified atom stereocenters. The SMILES string of the molecule is CCCCCN(C(=O)OC)C(CCC(=O)OC(C)(C)C)C(=O)O.O.c1ccc2c(c1)Cc1ccccc1-2. The average molecular weight is 516 g/mol. The lowest BCUT2D eigenvalue weighted by atomic mass is 10.1. The number of rotatable bonds is 9. The van der Waals surface area contributed by atoms with E-state index in [1.165, 1.54) is 34.3 Å². The van der Waals surface area contributed by atoms with Crippen LogP contribution in [-0.4, -0.2) is 58.8 Å². The number of esters is 1. The summed E-state index contributed by atoms with van der Waals surface area (Å²) in [5.74, 6) is -1.64. The zero-order valence-corrected chi connectivity index (χ0v) is 22.6. The molecule has 1 atom stereocenters. The average Bonchev–Trinajstić information content (AvgIpc) is 3.20. The first kappa shape index (κ1) is 31.6. The Balaban J connectivity index is 0.000000406. The first-order valence-corrected chi connectivity index (χ1v) is 12.5. The Hall–Kier alpha value is -3.39.